The van der Waals surface area contributed by atoms with Gasteiger partial charge < -0.3 is 20.3 Å². The zero-order valence-electron chi connectivity index (χ0n) is 16.6. The Bertz CT molecular complexity index is 893. The summed E-state index contributed by atoms with van der Waals surface area (Å²) in [5.41, 5.74) is 9.38. The molecule has 3 heterocycles. The molecule has 4 nitrogen and oxygen atoms in total. The van der Waals surface area contributed by atoms with Gasteiger partial charge in [-0.15, -0.1) is 0 Å². The summed E-state index contributed by atoms with van der Waals surface area (Å²) in [5.74, 6) is 0.540. The fourth-order valence-corrected chi connectivity index (χ4v) is 5.23. The van der Waals surface area contributed by atoms with Gasteiger partial charge in [-0.2, -0.15) is 0 Å². The third kappa shape index (κ3) is 2.66. The molecule has 5 rings (SSSR count). The maximum absolute atomic E-state index is 5.97. The van der Waals surface area contributed by atoms with E-state index < -0.39 is 0 Å². The number of nitrogens with one attached hydrogen (secondary N) is 2. The van der Waals surface area contributed by atoms with Gasteiger partial charge >= 0.3 is 0 Å². The summed E-state index contributed by atoms with van der Waals surface area (Å²) in [6.07, 6.45) is 1.19. The number of nitrogens with zero attached hydrogens (tertiary/aromatic N) is 1. The van der Waals surface area contributed by atoms with Crippen LogP contribution in [0.3, 0.4) is 0 Å². The summed E-state index contributed by atoms with van der Waals surface area (Å²) in [6.45, 7) is 11.4. The third-order valence-electron chi connectivity index (χ3n) is 6.78. The van der Waals surface area contributed by atoms with Crippen molar-refractivity contribution in [2.75, 3.05) is 36.5 Å². The van der Waals surface area contributed by atoms with Crippen LogP contribution in [0.15, 0.2) is 30.3 Å². The van der Waals surface area contributed by atoms with E-state index in [0.29, 0.717) is 12.5 Å². The van der Waals surface area contributed by atoms with Crippen molar-refractivity contribution in [3.05, 3.63) is 52.6 Å². The molecule has 1 fully saturated rings. The van der Waals surface area contributed by atoms with Crippen LogP contribution in [-0.4, -0.2) is 31.8 Å². The molecule has 2 aromatic rings. The topological polar surface area (TPSA) is 36.5 Å². The minimum atomic E-state index is 0.202. The maximum atomic E-state index is 5.97. The number of anilines is 3. The van der Waals surface area contributed by atoms with Gasteiger partial charge in [0, 0.05) is 47.2 Å². The van der Waals surface area contributed by atoms with Gasteiger partial charge in [-0.25, -0.2) is 0 Å². The average Bonchev–Trinajstić information content (AvgIpc) is 2.78. The summed E-state index contributed by atoms with van der Waals surface area (Å²) in [4.78, 5) is 2.65. The summed E-state index contributed by atoms with van der Waals surface area (Å²) in [7, 11) is 0. The number of fused-ring (bicyclic) bond motifs is 3. The molecule has 142 valence electrons. The Kier molecular flexibility index (Phi) is 3.95. The lowest BCUT2D eigenvalue weighted by Crippen LogP contribution is -2.54. The zero-order valence-corrected chi connectivity index (χ0v) is 16.6. The Balaban J connectivity index is 1.61. The van der Waals surface area contributed by atoms with Crippen molar-refractivity contribution in [1.82, 2.24) is 5.32 Å². The second-order valence-corrected chi connectivity index (χ2v) is 8.58. The monoisotopic (exact) mass is 363 g/mol. The van der Waals surface area contributed by atoms with Crippen LogP contribution in [0.2, 0.25) is 0 Å². The molecule has 0 radical (unpaired) electrons. The number of hydrogen-bond acceptors (Lipinski definition) is 4. The quantitative estimate of drug-likeness (QED) is 0.837. The third-order valence-corrected chi connectivity index (χ3v) is 6.78. The van der Waals surface area contributed by atoms with E-state index in [2.05, 4.69) is 66.6 Å². The van der Waals surface area contributed by atoms with Gasteiger partial charge in [0.1, 0.15) is 0 Å². The smallest absolute Gasteiger partial charge is 0.0738 e. The summed E-state index contributed by atoms with van der Waals surface area (Å²) < 4.78 is 5.97. The van der Waals surface area contributed by atoms with Gasteiger partial charge in [-0.1, -0.05) is 12.1 Å². The van der Waals surface area contributed by atoms with Crippen LogP contribution in [0.1, 0.15) is 41.5 Å². The molecule has 0 spiro atoms. The fraction of sp³-hybridized carbons (Fsp3) is 0.478. The second-order valence-electron chi connectivity index (χ2n) is 8.58. The molecule has 3 aliphatic heterocycles. The molecule has 0 aromatic heterocycles. The molecule has 0 aliphatic carbocycles. The minimum Gasteiger partial charge on any atom is -0.375 e. The molecule has 2 atom stereocenters. The molecule has 1 unspecified atom stereocenters. The Morgan fingerprint density at radius 3 is 3.00 bits per heavy atom. The van der Waals surface area contributed by atoms with Crippen molar-refractivity contribution in [3.8, 4) is 0 Å². The second kappa shape index (κ2) is 6.25. The highest BCUT2D eigenvalue weighted by Gasteiger charge is 2.50. The Morgan fingerprint density at radius 2 is 2.11 bits per heavy atom. The van der Waals surface area contributed by atoms with E-state index in [1.165, 1.54) is 45.7 Å². The van der Waals surface area contributed by atoms with Gasteiger partial charge in [0.15, 0.2) is 0 Å². The molecule has 0 saturated carbocycles. The molecule has 2 N–H and O–H groups in total. The summed E-state index contributed by atoms with van der Waals surface area (Å²) in [5, 5.41) is 7.32. The standard InChI is InChI=1S/C23H29N3O/c1-15-4-5-16(2)21(10-15)25-18-11-17-14-27-9-8-26-22(17)19(12-18)20-13-24-7-6-23(20,26)3/h4-5,10-12,20,24-25H,6-9,13-14H2,1-3H3/t20?,23-/m0/s1. The van der Waals surface area contributed by atoms with Crippen LogP contribution in [0.4, 0.5) is 17.1 Å². The largest absolute Gasteiger partial charge is 0.375 e. The van der Waals surface area contributed by atoms with E-state index in [9.17, 15) is 0 Å². The minimum absolute atomic E-state index is 0.202. The van der Waals surface area contributed by atoms with Crippen LogP contribution in [0.25, 0.3) is 0 Å². The summed E-state index contributed by atoms with van der Waals surface area (Å²) >= 11 is 0. The van der Waals surface area contributed by atoms with Crippen LogP contribution >= 0.6 is 0 Å². The van der Waals surface area contributed by atoms with Crippen LogP contribution in [0.5, 0.6) is 0 Å². The molecule has 0 amide bonds. The molecule has 0 bridgehead atoms. The van der Waals surface area contributed by atoms with Gasteiger partial charge in [-0.3, -0.25) is 0 Å². The lowest BCUT2D eigenvalue weighted by atomic mass is 9.78. The predicted octanol–water partition coefficient (Wildman–Crippen LogP) is 4.23. The normalized spacial score (nSPS) is 26.3. The Morgan fingerprint density at radius 1 is 1.22 bits per heavy atom. The molecule has 2 aromatic carbocycles. The zero-order chi connectivity index (χ0) is 18.6. The molecule has 4 heteroatoms. The molecule has 27 heavy (non-hydrogen) atoms. The first-order chi connectivity index (χ1) is 13.1. The van der Waals surface area contributed by atoms with Gasteiger partial charge in [0.25, 0.3) is 0 Å². The lowest BCUT2D eigenvalue weighted by molar-refractivity contribution is 0.127. The Labute approximate surface area is 161 Å². The van der Waals surface area contributed by atoms with Crippen LogP contribution in [-0.2, 0) is 11.3 Å². The van der Waals surface area contributed by atoms with Gasteiger partial charge in [0.2, 0.25) is 0 Å². The van der Waals surface area contributed by atoms with E-state index in [0.717, 1.165) is 26.2 Å². The first-order valence-corrected chi connectivity index (χ1v) is 10.1. The lowest BCUT2D eigenvalue weighted by Gasteiger charge is -2.44. The highest BCUT2D eigenvalue weighted by molar-refractivity contribution is 5.76. The van der Waals surface area contributed by atoms with Crippen LogP contribution < -0.4 is 15.5 Å². The highest BCUT2D eigenvalue weighted by Crippen LogP contribution is 2.53. The van der Waals surface area contributed by atoms with Crippen molar-refractivity contribution < 1.29 is 4.74 Å². The van der Waals surface area contributed by atoms with E-state index in [1.54, 1.807) is 0 Å². The number of benzene rings is 2. The molecule has 1 saturated heterocycles. The Hall–Kier alpha value is -2.04. The number of piperidine rings is 1. The van der Waals surface area contributed by atoms with Crippen molar-refractivity contribution in [1.29, 1.82) is 0 Å². The predicted molar refractivity (Wildman–Crippen MR) is 111 cm³/mol. The van der Waals surface area contributed by atoms with Crippen molar-refractivity contribution in [3.63, 3.8) is 0 Å². The fourth-order valence-electron chi connectivity index (χ4n) is 5.23. The van der Waals surface area contributed by atoms with E-state index in [1.807, 2.05) is 0 Å². The molecule has 3 aliphatic rings. The number of hydrogen-bond donors (Lipinski definition) is 2. The van der Waals surface area contributed by atoms with Crippen molar-refractivity contribution in [2.45, 2.75) is 45.3 Å². The van der Waals surface area contributed by atoms with Crippen molar-refractivity contribution in [2.24, 2.45) is 0 Å². The number of aryl methyl sites for hydroxylation is 2. The van der Waals surface area contributed by atoms with E-state index >= 15 is 0 Å². The van der Waals surface area contributed by atoms with Gasteiger partial charge in [0.05, 0.1) is 13.2 Å². The number of rotatable bonds is 2. The van der Waals surface area contributed by atoms with Crippen LogP contribution in [0, 0.1) is 13.8 Å². The average molecular weight is 364 g/mol. The molecular formula is C23H29N3O. The first-order valence-electron chi connectivity index (χ1n) is 10.1. The summed E-state index contributed by atoms with van der Waals surface area (Å²) in [6, 6.07) is 11.3. The SMILES string of the molecule is Cc1ccc(C)c(Nc2cc3c4c(c2)C2CNCC[C@]2(C)N4CCOC3)c1. The number of ether oxygens (including phenoxy) is 1. The van der Waals surface area contributed by atoms with Crippen molar-refractivity contribution >= 4 is 17.1 Å². The van der Waals surface area contributed by atoms with Gasteiger partial charge in [-0.05, 0) is 68.6 Å². The highest BCUT2D eigenvalue weighted by atomic mass is 16.5. The first kappa shape index (κ1) is 17.1. The molecular weight excluding hydrogens is 334 g/mol. The van der Waals surface area contributed by atoms with E-state index in [4.69, 9.17) is 4.74 Å². The van der Waals surface area contributed by atoms with E-state index in [-0.39, 0.29) is 5.54 Å². The maximum Gasteiger partial charge on any atom is 0.0738 e.